The third kappa shape index (κ3) is 3.81. The quantitative estimate of drug-likeness (QED) is 0.618. The van der Waals surface area contributed by atoms with Crippen molar-refractivity contribution < 1.29 is 19.2 Å². The summed E-state index contributed by atoms with van der Waals surface area (Å²) in [6.45, 7) is 11.7. The average molecular weight is 316 g/mol. The van der Waals surface area contributed by atoms with Gasteiger partial charge in [-0.2, -0.15) is 0 Å². The Labute approximate surface area is 137 Å². The first-order valence-electron chi connectivity index (χ1n) is 7.55. The Morgan fingerprint density at radius 3 is 1.65 bits per heavy atom. The zero-order valence-corrected chi connectivity index (χ0v) is 14.9. The van der Waals surface area contributed by atoms with E-state index in [2.05, 4.69) is 0 Å². The van der Waals surface area contributed by atoms with Gasteiger partial charge in [-0.25, -0.2) is 0 Å². The molecule has 4 heteroatoms. The van der Waals surface area contributed by atoms with Crippen LogP contribution in [0.3, 0.4) is 0 Å². The Morgan fingerprint density at radius 2 is 1.30 bits per heavy atom. The maximum Gasteiger partial charge on any atom is 0.169 e. The summed E-state index contributed by atoms with van der Waals surface area (Å²) in [5.41, 5.74) is -1.03. The lowest BCUT2D eigenvalue weighted by atomic mass is 9.77. The van der Waals surface area contributed by atoms with Crippen LogP contribution in [0.25, 0.3) is 0 Å². The number of carbonyl (C=O) groups is 4. The van der Waals surface area contributed by atoms with Crippen LogP contribution in [0.1, 0.15) is 89.9 Å². The van der Waals surface area contributed by atoms with E-state index in [1.165, 1.54) is 19.1 Å². The molecular formula is C19H24O4. The Hall–Kier alpha value is -2.10. The topological polar surface area (TPSA) is 68.3 Å². The molecule has 0 aliphatic rings. The van der Waals surface area contributed by atoms with Crippen LogP contribution in [0.15, 0.2) is 12.1 Å². The van der Waals surface area contributed by atoms with Crippen molar-refractivity contribution in [2.45, 2.75) is 48.5 Å². The summed E-state index contributed by atoms with van der Waals surface area (Å²) in [4.78, 5) is 49.0. The lowest BCUT2D eigenvalue weighted by Crippen LogP contribution is -2.28. The molecule has 4 nitrogen and oxygen atoms in total. The average Bonchev–Trinajstić information content (AvgIpc) is 2.41. The van der Waals surface area contributed by atoms with E-state index in [-0.39, 0.29) is 33.8 Å². The Balaban J connectivity index is 3.86. The van der Waals surface area contributed by atoms with Gasteiger partial charge >= 0.3 is 0 Å². The molecule has 0 fully saturated rings. The SMILES string of the molecule is CC(=O)c1c(C(=O)C(C)(C)C)ccc(C=O)c1C(=O)C(C)(C)C. The largest absolute Gasteiger partial charge is 0.298 e. The third-order valence-corrected chi connectivity index (χ3v) is 3.55. The maximum atomic E-state index is 12.8. The monoisotopic (exact) mass is 316 g/mol. The van der Waals surface area contributed by atoms with Crippen molar-refractivity contribution >= 4 is 23.6 Å². The Morgan fingerprint density at radius 1 is 0.826 bits per heavy atom. The van der Waals surface area contributed by atoms with Crippen molar-refractivity contribution in [1.82, 2.24) is 0 Å². The molecule has 0 atom stereocenters. The van der Waals surface area contributed by atoms with Gasteiger partial charge in [-0.15, -0.1) is 0 Å². The lowest BCUT2D eigenvalue weighted by Gasteiger charge is -2.23. The smallest absolute Gasteiger partial charge is 0.169 e. The number of ketones is 3. The third-order valence-electron chi connectivity index (χ3n) is 3.55. The normalized spacial score (nSPS) is 12.0. The first-order chi connectivity index (χ1) is 10.3. The fraction of sp³-hybridized carbons (Fsp3) is 0.474. The van der Waals surface area contributed by atoms with Gasteiger partial charge in [-0.3, -0.25) is 19.2 Å². The van der Waals surface area contributed by atoms with Crippen molar-refractivity contribution in [3.05, 3.63) is 34.4 Å². The molecule has 0 spiro atoms. The molecule has 1 aromatic rings. The van der Waals surface area contributed by atoms with Gasteiger partial charge in [0.05, 0.1) is 0 Å². The summed E-state index contributed by atoms with van der Waals surface area (Å²) in [6, 6.07) is 2.91. The molecule has 0 aromatic heterocycles. The van der Waals surface area contributed by atoms with E-state index in [1.807, 2.05) is 0 Å². The highest BCUT2D eigenvalue weighted by Gasteiger charge is 2.33. The van der Waals surface area contributed by atoms with E-state index in [9.17, 15) is 19.2 Å². The van der Waals surface area contributed by atoms with Crippen LogP contribution in [0.2, 0.25) is 0 Å². The second kappa shape index (κ2) is 6.19. The van der Waals surface area contributed by atoms with E-state index >= 15 is 0 Å². The van der Waals surface area contributed by atoms with Crippen LogP contribution < -0.4 is 0 Å². The van der Waals surface area contributed by atoms with E-state index in [0.29, 0.717) is 6.29 Å². The molecule has 124 valence electrons. The number of aldehydes is 1. The number of rotatable bonds is 4. The van der Waals surface area contributed by atoms with E-state index in [4.69, 9.17) is 0 Å². The first kappa shape index (κ1) is 18.9. The van der Waals surface area contributed by atoms with Gasteiger partial charge in [0, 0.05) is 33.1 Å². The number of Topliss-reactive ketones (excluding diaryl/α,β-unsaturated/α-hetero) is 3. The van der Waals surface area contributed by atoms with Gasteiger partial charge in [-0.1, -0.05) is 47.6 Å². The van der Waals surface area contributed by atoms with E-state index in [0.717, 1.165) is 0 Å². The van der Waals surface area contributed by atoms with Crippen LogP contribution in [0.4, 0.5) is 0 Å². The molecule has 0 aliphatic carbocycles. The minimum atomic E-state index is -0.772. The highest BCUT2D eigenvalue weighted by atomic mass is 16.1. The highest BCUT2D eigenvalue weighted by molar-refractivity contribution is 6.19. The zero-order chi connectivity index (χ0) is 18.2. The molecule has 0 bridgehead atoms. The number of benzene rings is 1. The number of hydrogen-bond acceptors (Lipinski definition) is 4. The molecule has 0 radical (unpaired) electrons. The minimum Gasteiger partial charge on any atom is -0.298 e. The molecule has 1 aromatic carbocycles. The molecule has 0 saturated heterocycles. The second-order valence-electron chi connectivity index (χ2n) is 7.78. The summed E-state index contributed by atoms with van der Waals surface area (Å²) in [5.74, 6) is -0.953. The summed E-state index contributed by atoms with van der Waals surface area (Å²) in [6.07, 6.45) is 0.552. The fourth-order valence-electron chi connectivity index (χ4n) is 2.30. The van der Waals surface area contributed by atoms with Gasteiger partial charge in [0.1, 0.15) is 0 Å². The molecule has 0 aliphatic heterocycles. The van der Waals surface area contributed by atoms with Crippen molar-refractivity contribution in [3.63, 3.8) is 0 Å². The fourth-order valence-corrected chi connectivity index (χ4v) is 2.30. The first-order valence-corrected chi connectivity index (χ1v) is 7.55. The van der Waals surface area contributed by atoms with Crippen molar-refractivity contribution in [2.24, 2.45) is 10.8 Å². The zero-order valence-electron chi connectivity index (χ0n) is 14.9. The van der Waals surface area contributed by atoms with Gasteiger partial charge in [0.15, 0.2) is 23.6 Å². The Kier molecular flexibility index (Phi) is 5.10. The van der Waals surface area contributed by atoms with Crippen LogP contribution >= 0.6 is 0 Å². The Bertz CT molecular complexity index is 683. The van der Waals surface area contributed by atoms with E-state index < -0.39 is 16.6 Å². The minimum absolute atomic E-state index is 0.0504. The predicted molar refractivity (Wildman–Crippen MR) is 89.4 cm³/mol. The molecular weight excluding hydrogens is 292 g/mol. The van der Waals surface area contributed by atoms with Crippen LogP contribution in [-0.2, 0) is 0 Å². The maximum absolute atomic E-state index is 12.8. The molecule has 0 unspecified atom stereocenters. The van der Waals surface area contributed by atoms with E-state index in [1.54, 1.807) is 41.5 Å². The number of hydrogen-bond donors (Lipinski definition) is 0. The summed E-state index contributed by atoms with van der Waals surface area (Å²) >= 11 is 0. The summed E-state index contributed by atoms with van der Waals surface area (Å²) in [7, 11) is 0. The van der Waals surface area contributed by atoms with Crippen LogP contribution in [-0.4, -0.2) is 23.6 Å². The molecule has 0 heterocycles. The van der Waals surface area contributed by atoms with Crippen molar-refractivity contribution in [2.75, 3.05) is 0 Å². The van der Waals surface area contributed by atoms with Crippen molar-refractivity contribution in [1.29, 1.82) is 0 Å². The molecule has 1 rings (SSSR count). The van der Waals surface area contributed by atoms with Gasteiger partial charge in [-0.05, 0) is 13.0 Å². The molecule has 0 saturated carbocycles. The molecule has 0 N–H and O–H groups in total. The van der Waals surface area contributed by atoms with Crippen LogP contribution in [0, 0.1) is 10.8 Å². The number of carbonyl (C=O) groups excluding carboxylic acids is 4. The summed E-state index contributed by atoms with van der Waals surface area (Å²) in [5, 5.41) is 0. The molecule has 0 amide bonds. The molecule has 23 heavy (non-hydrogen) atoms. The summed E-state index contributed by atoms with van der Waals surface area (Å²) < 4.78 is 0. The standard InChI is InChI=1S/C19H24O4/c1-11(21)14-13(16(22)18(2,3)4)9-8-12(10-20)15(14)17(23)19(5,6)7/h8-10H,1-7H3. The van der Waals surface area contributed by atoms with Gasteiger partial charge in [0.25, 0.3) is 0 Å². The van der Waals surface area contributed by atoms with Gasteiger partial charge < -0.3 is 0 Å². The van der Waals surface area contributed by atoms with Crippen molar-refractivity contribution in [3.8, 4) is 0 Å². The second-order valence-corrected chi connectivity index (χ2v) is 7.78. The lowest BCUT2D eigenvalue weighted by molar-refractivity contribution is 0.0840. The van der Waals surface area contributed by atoms with Crippen LogP contribution in [0.5, 0.6) is 0 Å². The van der Waals surface area contributed by atoms with Gasteiger partial charge in [0.2, 0.25) is 0 Å². The predicted octanol–water partition coefficient (Wildman–Crippen LogP) is 4.16. The highest BCUT2D eigenvalue weighted by Crippen LogP contribution is 2.31.